The summed E-state index contributed by atoms with van der Waals surface area (Å²) in [6, 6.07) is 9.92. The summed E-state index contributed by atoms with van der Waals surface area (Å²) < 4.78 is 6.29. The quantitative estimate of drug-likeness (QED) is 0.228. The lowest BCUT2D eigenvalue weighted by molar-refractivity contribution is -1.08. The van der Waals surface area contributed by atoms with Crippen molar-refractivity contribution in [3.8, 4) is 5.75 Å². The summed E-state index contributed by atoms with van der Waals surface area (Å²) in [5.74, 6) is 0.908. The van der Waals surface area contributed by atoms with Crippen molar-refractivity contribution < 1.29 is 31.2 Å². The van der Waals surface area contributed by atoms with Gasteiger partial charge < -0.3 is 21.7 Å². The maximum absolute atomic E-state index is 5.95. The Morgan fingerprint density at radius 3 is 1.85 bits per heavy atom. The molecule has 26 heavy (non-hydrogen) atoms. The Kier molecular flexibility index (Phi) is 16.2. The van der Waals surface area contributed by atoms with Gasteiger partial charge >= 0.3 is 0 Å². The monoisotopic (exact) mass is 429 g/mol. The largest absolute Gasteiger partial charge is 1.00 e. The van der Waals surface area contributed by atoms with E-state index in [0.29, 0.717) is 17.9 Å². The van der Waals surface area contributed by atoms with E-state index in [2.05, 4.69) is 21.0 Å². The number of para-hydroxylation sites is 1. The minimum Gasteiger partial charge on any atom is -1.00 e. The molecule has 0 radical (unpaired) electrons. The second-order valence-corrected chi connectivity index (χ2v) is 7.47. The molecule has 0 unspecified atom stereocenters. The van der Waals surface area contributed by atoms with E-state index in [-0.39, 0.29) is 17.0 Å². The number of benzene rings is 1. The van der Waals surface area contributed by atoms with Crippen molar-refractivity contribution in [3.05, 3.63) is 30.3 Å². The highest BCUT2D eigenvalue weighted by Gasteiger charge is 2.16. The summed E-state index contributed by atoms with van der Waals surface area (Å²) in [5, 5.41) is 0. The molecular weight excluding hydrogens is 390 g/mol. The van der Waals surface area contributed by atoms with Gasteiger partial charge in [-0.15, -0.1) is 0 Å². The summed E-state index contributed by atoms with van der Waals surface area (Å²) in [6.45, 7) is 4.57. The van der Waals surface area contributed by atoms with Crippen LogP contribution in [0.2, 0.25) is 0 Å². The molecule has 1 rings (SSSR count). The Bertz CT molecular complexity index is 412. The maximum Gasteiger partial charge on any atom is 0.140 e. The zero-order valence-electron chi connectivity index (χ0n) is 17.2. The minimum atomic E-state index is 0. The van der Waals surface area contributed by atoms with Gasteiger partial charge in [0.25, 0.3) is 0 Å². The van der Waals surface area contributed by atoms with Crippen LogP contribution in [0.3, 0.4) is 0 Å². The standard InChI is InChI=1S/C22H40NO2.BrH/c1-4-5-6-7-8-9-10-11-12-16-19-23(2,3)25-21-20-24-22-17-14-13-15-18-22;/h13-15,17-18H,4-12,16,19-21H2,1-3H3;1H/q+1;/p-1. The van der Waals surface area contributed by atoms with Gasteiger partial charge in [-0.05, 0) is 25.0 Å². The van der Waals surface area contributed by atoms with Crippen molar-refractivity contribution in [1.29, 1.82) is 0 Å². The molecule has 0 heterocycles. The molecule has 4 heteroatoms. The van der Waals surface area contributed by atoms with Crippen LogP contribution >= 0.6 is 0 Å². The number of ether oxygens (including phenoxy) is 1. The predicted octanol–water partition coefficient (Wildman–Crippen LogP) is 3.00. The van der Waals surface area contributed by atoms with Crippen LogP contribution in [0.15, 0.2) is 30.3 Å². The third-order valence-electron chi connectivity index (χ3n) is 4.59. The first-order chi connectivity index (χ1) is 12.1. The third kappa shape index (κ3) is 14.6. The smallest absolute Gasteiger partial charge is 0.140 e. The van der Waals surface area contributed by atoms with E-state index < -0.39 is 0 Å². The second-order valence-electron chi connectivity index (χ2n) is 7.47. The first kappa shape index (κ1) is 25.4. The van der Waals surface area contributed by atoms with Gasteiger partial charge in [0.2, 0.25) is 0 Å². The lowest BCUT2D eigenvalue weighted by atomic mass is 10.1. The van der Waals surface area contributed by atoms with E-state index in [1.807, 2.05) is 30.3 Å². The summed E-state index contributed by atoms with van der Waals surface area (Å²) in [6.07, 6.45) is 13.8. The molecule has 0 fully saturated rings. The fourth-order valence-electron chi connectivity index (χ4n) is 3.01. The van der Waals surface area contributed by atoms with Gasteiger partial charge in [-0.2, -0.15) is 9.48 Å². The molecule has 0 bridgehead atoms. The average molecular weight is 430 g/mol. The van der Waals surface area contributed by atoms with Crippen LogP contribution in [0.4, 0.5) is 0 Å². The van der Waals surface area contributed by atoms with Crippen LogP contribution in [0, 0.1) is 0 Å². The van der Waals surface area contributed by atoms with E-state index in [4.69, 9.17) is 9.57 Å². The molecule has 0 saturated heterocycles. The molecule has 0 spiro atoms. The molecule has 0 N–H and O–H groups in total. The van der Waals surface area contributed by atoms with Gasteiger partial charge in [-0.3, -0.25) is 0 Å². The number of hydrogen-bond acceptors (Lipinski definition) is 2. The average Bonchev–Trinajstić information content (AvgIpc) is 2.61. The number of hydrogen-bond donors (Lipinski definition) is 0. The molecule has 0 atom stereocenters. The highest BCUT2D eigenvalue weighted by Crippen LogP contribution is 2.12. The van der Waals surface area contributed by atoms with Crippen LogP contribution in [0.25, 0.3) is 0 Å². The van der Waals surface area contributed by atoms with Gasteiger partial charge in [-0.1, -0.05) is 76.5 Å². The fourth-order valence-corrected chi connectivity index (χ4v) is 3.01. The Hall–Kier alpha value is -0.580. The van der Waals surface area contributed by atoms with Crippen molar-refractivity contribution >= 4 is 0 Å². The topological polar surface area (TPSA) is 18.5 Å². The molecule has 0 aliphatic rings. The van der Waals surface area contributed by atoms with Crippen LogP contribution in [0.5, 0.6) is 5.75 Å². The highest BCUT2D eigenvalue weighted by molar-refractivity contribution is 5.20. The predicted molar refractivity (Wildman–Crippen MR) is 107 cm³/mol. The number of rotatable bonds is 16. The molecule has 0 aromatic heterocycles. The molecule has 152 valence electrons. The molecule has 1 aromatic rings. The van der Waals surface area contributed by atoms with E-state index >= 15 is 0 Å². The minimum absolute atomic E-state index is 0. The van der Waals surface area contributed by atoms with Crippen molar-refractivity contribution in [2.24, 2.45) is 0 Å². The fraction of sp³-hybridized carbons (Fsp3) is 0.727. The molecule has 3 nitrogen and oxygen atoms in total. The van der Waals surface area contributed by atoms with Crippen LogP contribution in [0.1, 0.15) is 71.1 Å². The lowest BCUT2D eigenvalue weighted by Gasteiger charge is -2.26. The zero-order valence-corrected chi connectivity index (χ0v) is 18.8. The van der Waals surface area contributed by atoms with Gasteiger partial charge in [0.05, 0.1) is 14.1 Å². The van der Waals surface area contributed by atoms with Crippen molar-refractivity contribution in [2.75, 3.05) is 33.9 Å². The lowest BCUT2D eigenvalue weighted by Crippen LogP contribution is -3.00. The van der Waals surface area contributed by atoms with E-state index in [1.165, 1.54) is 64.2 Å². The molecule has 0 aliphatic heterocycles. The first-order valence-corrected chi connectivity index (χ1v) is 10.3. The van der Waals surface area contributed by atoms with Crippen molar-refractivity contribution in [2.45, 2.75) is 71.1 Å². The van der Waals surface area contributed by atoms with E-state index in [1.54, 1.807) is 0 Å². The Balaban J connectivity index is 0.00000625. The molecule has 0 aliphatic carbocycles. The normalized spacial score (nSPS) is 11.2. The maximum atomic E-state index is 5.95. The van der Waals surface area contributed by atoms with Crippen LogP contribution in [-0.2, 0) is 4.84 Å². The van der Waals surface area contributed by atoms with E-state index in [9.17, 15) is 0 Å². The van der Waals surface area contributed by atoms with Gasteiger partial charge in [0, 0.05) is 0 Å². The summed E-state index contributed by atoms with van der Waals surface area (Å²) in [4.78, 5) is 5.95. The second kappa shape index (κ2) is 16.6. The number of quaternary nitrogens is 1. The molecular formula is C22H40BrNO2. The number of nitrogens with zero attached hydrogens (tertiary/aromatic N) is 1. The SMILES string of the molecule is CCCCCCCCCCCC[N+](C)(C)OCCOc1ccccc1.[Br-]. The molecule has 0 saturated carbocycles. The van der Waals surface area contributed by atoms with Crippen LogP contribution < -0.4 is 21.7 Å². The van der Waals surface area contributed by atoms with E-state index in [0.717, 1.165) is 12.3 Å². The summed E-state index contributed by atoms with van der Waals surface area (Å²) in [5.41, 5.74) is 0. The van der Waals surface area contributed by atoms with Gasteiger partial charge in [-0.25, -0.2) is 0 Å². The van der Waals surface area contributed by atoms with Gasteiger partial charge in [0.1, 0.15) is 25.5 Å². The Morgan fingerprint density at radius 1 is 0.731 bits per heavy atom. The number of halogens is 1. The summed E-state index contributed by atoms with van der Waals surface area (Å²) in [7, 11) is 4.27. The zero-order chi connectivity index (χ0) is 18.2. The Morgan fingerprint density at radius 2 is 1.27 bits per heavy atom. The molecule has 0 amide bonds. The Labute approximate surface area is 172 Å². The highest BCUT2D eigenvalue weighted by atomic mass is 79.9. The first-order valence-electron chi connectivity index (χ1n) is 10.3. The van der Waals surface area contributed by atoms with Gasteiger partial charge in [0.15, 0.2) is 0 Å². The van der Waals surface area contributed by atoms with Crippen molar-refractivity contribution in [3.63, 3.8) is 0 Å². The number of hydroxylamine groups is 3. The third-order valence-corrected chi connectivity index (χ3v) is 4.59. The number of unbranched alkanes of at least 4 members (excludes halogenated alkanes) is 9. The van der Waals surface area contributed by atoms with Crippen LogP contribution in [-0.4, -0.2) is 38.5 Å². The summed E-state index contributed by atoms with van der Waals surface area (Å²) >= 11 is 0. The van der Waals surface area contributed by atoms with Crippen molar-refractivity contribution in [1.82, 2.24) is 0 Å². The molecule has 1 aromatic carbocycles.